The highest BCUT2D eigenvalue weighted by molar-refractivity contribution is 7.85. The molecular weight excluding hydrogens is 264 g/mol. The lowest BCUT2D eigenvalue weighted by atomic mass is 9.93. The van der Waals surface area contributed by atoms with Gasteiger partial charge in [-0.05, 0) is 50.3 Å². The highest BCUT2D eigenvalue weighted by atomic mass is 32.2. The average Bonchev–Trinajstić information content (AvgIpc) is 2.27. The molecular formula is C14H20O4S. The molecule has 4 nitrogen and oxygen atoms in total. The van der Waals surface area contributed by atoms with Gasteiger partial charge in [-0.25, -0.2) is 0 Å². The first-order valence-electron chi connectivity index (χ1n) is 6.40. The molecule has 0 amide bonds. The summed E-state index contributed by atoms with van der Waals surface area (Å²) in [4.78, 5) is 0. The predicted octanol–water partition coefficient (Wildman–Crippen LogP) is 2.31. The third kappa shape index (κ3) is 4.21. The Balaban J connectivity index is 2.02. The second-order valence-electron chi connectivity index (χ2n) is 5.58. The van der Waals surface area contributed by atoms with Gasteiger partial charge in [0, 0.05) is 0 Å². The molecule has 0 fully saturated rings. The third-order valence-electron chi connectivity index (χ3n) is 3.20. The minimum Gasteiger partial charge on any atom is -0.488 e. The lowest BCUT2D eigenvalue weighted by Crippen LogP contribution is -2.32. The van der Waals surface area contributed by atoms with Crippen LogP contribution in [-0.2, 0) is 27.1 Å². The summed E-state index contributed by atoms with van der Waals surface area (Å²) in [5.74, 6) is 0.934. The molecule has 0 aliphatic carbocycles. The molecule has 1 aromatic carbocycles. The fourth-order valence-corrected chi connectivity index (χ4v) is 2.56. The molecule has 1 aromatic rings. The maximum absolute atomic E-state index is 10.9. The average molecular weight is 284 g/mol. The second kappa shape index (κ2) is 5.13. The van der Waals surface area contributed by atoms with E-state index in [1.165, 1.54) is 5.56 Å². The minimum absolute atomic E-state index is 0.103. The molecule has 0 bridgehead atoms. The van der Waals surface area contributed by atoms with E-state index in [2.05, 4.69) is 19.9 Å². The Morgan fingerprint density at radius 1 is 1.37 bits per heavy atom. The first kappa shape index (κ1) is 14.3. The summed E-state index contributed by atoms with van der Waals surface area (Å²) < 4.78 is 32.4. The molecule has 0 N–H and O–H groups in total. The molecule has 5 heteroatoms. The van der Waals surface area contributed by atoms with Gasteiger partial charge in [-0.2, -0.15) is 8.42 Å². The first-order valence-corrected chi connectivity index (χ1v) is 8.22. The lowest BCUT2D eigenvalue weighted by Gasteiger charge is -2.32. The predicted molar refractivity (Wildman–Crippen MR) is 74.0 cm³/mol. The fourth-order valence-electron chi connectivity index (χ4n) is 2.18. The van der Waals surface area contributed by atoms with E-state index in [1.54, 1.807) is 0 Å². The van der Waals surface area contributed by atoms with Crippen LogP contribution in [-0.4, -0.2) is 26.9 Å². The summed E-state index contributed by atoms with van der Waals surface area (Å²) in [5.41, 5.74) is 2.16. The van der Waals surface area contributed by atoms with Crippen LogP contribution in [0.5, 0.6) is 5.75 Å². The van der Waals surface area contributed by atoms with Gasteiger partial charge in [0.2, 0.25) is 0 Å². The SMILES string of the molecule is CC1(C)CCc2cc(CCOS(C)(=O)=O)ccc2O1. The first-order chi connectivity index (χ1) is 8.75. The number of rotatable bonds is 4. The van der Waals surface area contributed by atoms with Crippen molar-refractivity contribution >= 4 is 10.1 Å². The highest BCUT2D eigenvalue weighted by Gasteiger charge is 2.26. The van der Waals surface area contributed by atoms with Crippen LogP contribution in [0.25, 0.3) is 0 Å². The fraction of sp³-hybridized carbons (Fsp3) is 0.571. The van der Waals surface area contributed by atoms with Gasteiger partial charge < -0.3 is 4.74 Å². The van der Waals surface area contributed by atoms with Gasteiger partial charge >= 0.3 is 0 Å². The zero-order valence-electron chi connectivity index (χ0n) is 11.6. The van der Waals surface area contributed by atoms with Gasteiger partial charge in [-0.1, -0.05) is 12.1 Å². The molecule has 1 aliphatic heterocycles. The zero-order chi connectivity index (χ0) is 14.1. The smallest absolute Gasteiger partial charge is 0.264 e. The monoisotopic (exact) mass is 284 g/mol. The largest absolute Gasteiger partial charge is 0.488 e. The second-order valence-corrected chi connectivity index (χ2v) is 7.22. The number of fused-ring (bicyclic) bond motifs is 1. The van der Waals surface area contributed by atoms with Crippen LogP contribution in [0.3, 0.4) is 0 Å². The van der Waals surface area contributed by atoms with Crippen LogP contribution in [0.4, 0.5) is 0 Å². The van der Waals surface area contributed by atoms with Crippen LogP contribution in [0, 0.1) is 0 Å². The van der Waals surface area contributed by atoms with Crippen molar-refractivity contribution in [3.8, 4) is 5.75 Å². The molecule has 0 aromatic heterocycles. The number of aryl methyl sites for hydroxylation is 1. The Morgan fingerprint density at radius 2 is 2.11 bits per heavy atom. The summed E-state index contributed by atoms with van der Waals surface area (Å²) in [6.45, 7) is 4.36. The molecule has 0 saturated heterocycles. The molecule has 2 rings (SSSR count). The van der Waals surface area contributed by atoms with Gasteiger partial charge in [0.1, 0.15) is 11.4 Å². The molecule has 19 heavy (non-hydrogen) atoms. The Labute approximate surface area is 114 Å². The summed E-state index contributed by atoms with van der Waals surface area (Å²) in [6.07, 6.45) is 3.63. The Hall–Kier alpha value is -1.07. The van der Waals surface area contributed by atoms with Crippen LogP contribution in [0.2, 0.25) is 0 Å². The number of ether oxygens (including phenoxy) is 1. The van der Waals surface area contributed by atoms with E-state index in [0.717, 1.165) is 30.4 Å². The number of hydrogen-bond acceptors (Lipinski definition) is 4. The van der Waals surface area contributed by atoms with E-state index >= 15 is 0 Å². The van der Waals surface area contributed by atoms with Crippen molar-refractivity contribution < 1.29 is 17.3 Å². The summed E-state index contributed by atoms with van der Waals surface area (Å²) in [7, 11) is -3.35. The third-order valence-corrected chi connectivity index (χ3v) is 3.79. The normalized spacial score (nSPS) is 17.6. The van der Waals surface area contributed by atoms with Gasteiger partial charge in [-0.15, -0.1) is 0 Å². The van der Waals surface area contributed by atoms with E-state index in [0.29, 0.717) is 6.42 Å². The van der Waals surface area contributed by atoms with Crippen molar-refractivity contribution in [2.45, 2.75) is 38.7 Å². The van der Waals surface area contributed by atoms with Crippen molar-refractivity contribution in [3.63, 3.8) is 0 Å². The van der Waals surface area contributed by atoms with E-state index in [-0.39, 0.29) is 12.2 Å². The van der Waals surface area contributed by atoms with Gasteiger partial charge in [0.05, 0.1) is 12.9 Å². The standard InChI is InChI=1S/C14H20O4S/c1-14(2)8-6-12-10-11(4-5-13(12)18-14)7-9-17-19(3,15)16/h4-5,10H,6-9H2,1-3H3. The maximum Gasteiger partial charge on any atom is 0.264 e. The van der Waals surface area contributed by atoms with Crippen molar-refractivity contribution in [1.82, 2.24) is 0 Å². The van der Waals surface area contributed by atoms with Gasteiger partial charge in [-0.3, -0.25) is 4.18 Å². The Morgan fingerprint density at radius 3 is 2.79 bits per heavy atom. The Bertz CT molecular complexity index is 561. The van der Waals surface area contributed by atoms with Crippen LogP contribution in [0.1, 0.15) is 31.4 Å². The molecule has 0 unspecified atom stereocenters. The van der Waals surface area contributed by atoms with Crippen LogP contribution >= 0.6 is 0 Å². The van der Waals surface area contributed by atoms with Crippen LogP contribution < -0.4 is 4.74 Å². The number of benzene rings is 1. The summed E-state index contributed by atoms with van der Waals surface area (Å²) >= 11 is 0. The topological polar surface area (TPSA) is 52.6 Å². The summed E-state index contributed by atoms with van der Waals surface area (Å²) in [5, 5.41) is 0. The molecule has 0 saturated carbocycles. The number of hydrogen-bond donors (Lipinski definition) is 0. The van der Waals surface area contributed by atoms with E-state index in [1.807, 2.05) is 12.1 Å². The van der Waals surface area contributed by atoms with Crippen molar-refractivity contribution in [1.29, 1.82) is 0 Å². The highest BCUT2D eigenvalue weighted by Crippen LogP contribution is 2.33. The Kier molecular flexibility index (Phi) is 3.87. The zero-order valence-corrected chi connectivity index (χ0v) is 12.4. The van der Waals surface area contributed by atoms with Crippen molar-refractivity contribution in [2.24, 2.45) is 0 Å². The quantitative estimate of drug-likeness (QED) is 0.796. The molecule has 0 atom stereocenters. The molecule has 0 radical (unpaired) electrons. The van der Waals surface area contributed by atoms with Crippen molar-refractivity contribution in [3.05, 3.63) is 29.3 Å². The summed E-state index contributed by atoms with van der Waals surface area (Å²) in [6, 6.07) is 6.01. The molecule has 0 spiro atoms. The molecule has 1 heterocycles. The molecule has 1 aliphatic rings. The van der Waals surface area contributed by atoms with Crippen LogP contribution in [0.15, 0.2) is 18.2 Å². The van der Waals surface area contributed by atoms with Crippen molar-refractivity contribution in [2.75, 3.05) is 12.9 Å². The maximum atomic E-state index is 10.9. The van der Waals surface area contributed by atoms with Gasteiger partial charge in [0.25, 0.3) is 10.1 Å². The van der Waals surface area contributed by atoms with Gasteiger partial charge in [0.15, 0.2) is 0 Å². The van der Waals surface area contributed by atoms with E-state index in [4.69, 9.17) is 8.92 Å². The van der Waals surface area contributed by atoms with E-state index < -0.39 is 10.1 Å². The lowest BCUT2D eigenvalue weighted by molar-refractivity contribution is 0.0846. The molecule has 106 valence electrons. The van der Waals surface area contributed by atoms with E-state index in [9.17, 15) is 8.42 Å². The minimum atomic E-state index is -3.35.